The number of amidine groups is 2. The number of nitrogens with zero attached hydrogens (tertiary/aromatic N) is 3. The van der Waals surface area contributed by atoms with Gasteiger partial charge in [-0.15, -0.1) is 11.3 Å². The molecular weight excluding hydrogens is 753 g/mol. The largest absolute Gasteiger partial charge is 0.455 e. The van der Waals surface area contributed by atoms with Gasteiger partial charge in [0.15, 0.2) is 5.84 Å². The molecule has 1 N–H and O–H groups in total. The first-order valence-corrected chi connectivity index (χ1v) is 21.3. The lowest BCUT2D eigenvalue weighted by Gasteiger charge is -2.24. The lowest BCUT2D eigenvalue weighted by Crippen LogP contribution is -2.33. The SMILES string of the molecule is CC1(C)c2ccccc2-c2cc3c(cc21)c1ccccc1n3-c1ccc(C2=NC(c3ccccc3)NC(c3cc4c5ccccc5oc4c4c3sc3ccccc34)=N2)cc1. The highest BCUT2D eigenvalue weighted by Gasteiger charge is 2.36. The van der Waals surface area contributed by atoms with Crippen LogP contribution in [0.1, 0.15) is 47.8 Å². The van der Waals surface area contributed by atoms with Crippen molar-refractivity contribution in [2.24, 2.45) is 9.98 Å². The minimum atomic E-state index is -0.332. The normalized spacial score (nSPS) is 15.8. The maximum absolute atomic E-state index is 6.62. The number of aliphatic imine (C=N–C) groups is 2. The van der Waals surface area contributed by atoms with Crippen molar-refractivity contribution in [3.05, 3.63) is 198 Å². The van der Waals surface area contributed by atoms with Gasteiger partial charge >= 0.3 is 0 Å². The molecule has 1 unspecified atom stereocenters. The van der Waals surface area contributed by atoms with E-state index < -0.39 is 0 Å². The molecule has 0 bridgehead atoms. The lowest BCUT2D eigenvalue weighted by molar-refractivity contribution is 0.661. The van der Waals surface area contributed by atoms with Crippen molar-refractivity contribution in [2.45, 2.75) is 25.4 Å². The molecule has 1 aliphatic heterocycles. The van der Waals surface area contributed by atoms with Crippen LogP contribution in [0, 0.1) is 0 Å². The molecule has 3 aromatic heterocycles. The van der Waals surface area contributed by atoms with Gasteiger partial charge in [-0.25, -0.2) is 9.98 Å². The van der Waals surface area contributed by atoms with Crippen molar-refractivity contribution < 1.29 is 4.42 Å². The Bertz CT molecular complexity index is 3660. The Morgan fingerprint density at radius 2 is 1.33 bits per heavy atom. The quantitative estimate of drug-likeness (QED) is 0.193. The number of para-hydroxylation sites is 2. The van der Waals surface area contributed by atoms with Gasteiger partial charge in [-0.05, 0) is 88.5 Å². The molecule has 11 aromatic rings. The lowest BCUT2D eigenvalue weighted by atomic mass is 9.82. The summed E-state index contributed by atoms with van der Waals surface area (Å²) >= 11 is 1.78. The van der Waals surface area contributed by atoms with Gasteiger partial charge in [0.1, 0.15) is 23.2 Å². The zero-order chi connectivity index (χ0) is 39.7. The molecular formula is C54H36N4OS. The van der Waals surface area contributed by atoms with Crippen LogP contribution in [0.15, 0.2) is 184 Å². The van der Waals surface area contributed by atoms with Crippen molar-refractivity contribution in [1.82, 2.24) is 9.88 Å². The molecule has 284 valence electrons. The topological polar surface area (TPSA) is 54.8 Å². The predicted molar refractivity (Wildman–Crippen MR) is 250 cm³/mol. The average Bonchev–Trinajstić information content (AvgIpc) is 4.02. The van der Waals surface area contributed by atoms with E-state index in [2.05, 4.69) is 181 Å². The van der Waals surface area contributed by atoms with Crippen LogP contribution in [0.5, 0.6) is 0 Å². The van der Waals surface area contributed by atoms with Crippen LogP contribution in [-0.4, -0.2) is 16.2 Å². The highest BCUT2D eigenvalue weighted by molar-refractivity contribution is 7.26. The van der Waals surface area contributed by atoms with Gasteiger partial charge in [0.2, 0.25) is 0 Å². The molecule has 0 saturated heterocycles. The van der Waals surface area contributed by atoms with Gasteiger partial charge in [0.25, 0.3) is 0 Å². The molecule has 0 fully saturated rings. The van der Waals surface area contributed by atoms with Crippen LogP contribution in [0.2, 0.25) is 0 Å². The molecule has 60 heavy (non-hydrogen) atoms. The molecule has 0 radical (unpaired) electrons. The van der Waals surface area contributed by atoms with Gasteiger partial charge in [0, 0.05) is 59.2 Å². The molecule has 1 atom stereocenters. The van der Waals surface area contributed by atoms with Crippen molar-refractivity contribution in [3.8, 4) is 16.8 Å². The Hall–Kier alpha value is -7.28. The molecule has 8 aromatic carbocycles. The van der Waals surface area contributed by atoms with Crippen molar-refractivity contribution >= 4 is 86.9 Å². The van der Waals surface area contributed by atoms with E-state index in [4.69, 9.17) is 14.4 Å². The summed E-state index contributed by atoms with van der Waals surface area (Å²) in [5.74, 6) is 1.48. The fraction of sp³-hybridized carbons (Fsp3) is 0.0741. The van der Waals surface area contributed by atoms with Gasteiger partial charge < -0.3 is 14.3 Å². The second-order valence-corrected chi connectivity index (χ2v) is 17.6. The first kappa shape index (κ1) is 33.7. The zero-order valence-electron chi connectivity index (χ0n) is 32.9. The molecule has 0 saturated carbocycles. The standard InChI is InChI=1S/C54H36N4OS/c1-54(2)42-20-10-6-16-34(42)38-30-45-39(29-43(38)54)35-17-7-11-21-44(35)58(45)33-26-24-32(25-27-33)52-55-51(31-14-4-3-5-15-31)56-53(57-52)41-28-40-36-18-8-12-22-46(36)59-49(40)48-37-19-9-13-23-47(37)60-50(41)48/h3-30,51H,1-2H3,(H,55,56,57). The Morgan fingerprint density at radius 3 is 2.20 bits per heavy atom. The molecule has 5 nitrogen and oxygen atoms in total. The summed E-state index contributed by atoms with van der Waals surface area (Å²) in [6.45, 7) is 4.70. The van der Waals surface area contributed by atoms with Crippen LogP contribution in [0.4, 0.5) is 0 Å². The number of rotatable bonds is 4. The maximum Gasteiger partial charge on any atom is 0.159 e. The van der Waals surface area contributed by atoms with Crippen molar-refractivity contribution in [3.63, 3.8) is 0 Å². The molecule has 1 aliphatic carbocycles. The molecule has 6 heteroatoms. The van der Waals surface area contributed by atoms with Crippen LogP contribution in [0.25, 0.3) is 80.7 Å². The second-order valence-electron chi connectivity index (χ2n) is 16.6. The number of hydrogen-bond donors (Lipinski definition) is 1. The third kappa shape index (κ3) is 4.74. The molecule has 0 amide bonds. The van der Waals surface area contributed by atoms with E-state index in [1.54, 1.807) is 11.3 Å². The van der Waals surface area contributed by atoms with E-state index in [1.165, 1.54) is 54.1 Å². The van der Waals surface area contributed by atoms with Crippen LogP contribution >= 0.6 is 11.3 Å². The van der Waals surface area contributed by atoms with Crippen LogP contribution in [0.3, 0.4) is 0 Å². The van der Waals surface area contributed by atoms with Crippen molar-refractivity contribution in [2.75, 3.05) is 0 Å². The Morgan fingerprint density at radius 1 is 0.600 bits per heavy atom. The second kappa shape index (κ2) is 12.4. The minimum Gasteiger partial charge on any atom is -0.455 e. The first-order chi connectivity index (χ1) is 29.5. The van der Waals surface area contributed by atoms with Gasteiger partial charge in [-0.1, -0.05) is 123 Å². The van der Waals surface area contributed by atoms with E-state index >= 15 is 0 Å². The summed E-state index contributed by atoms with van der Waals surface area (Å²) in [5.41, 5.74) is 13.7. The number of fused-ring (bicyclic) bond motifs is 13. The summed E-state index contributed by atoms with van der Waals surface area (Å²) in [6.07, 6.45) is -0.332. The van der Waals surface area contributed by atoms with E-state index in [1.807, 2.05) is 12.1 Å². The predicted octanol–water partition coefficient (Wildman–Crippen LogP) is 13.9. The summed E-state index contributed by atoms with van der Waals surface area (Å²) in [4.78, 5) is 10.7. The average molecular weight is 789 g/mol. The van der Waals surface area contributed by atoms with E-state index in [0.29, 0.717) is 5.84 Å². The van der Waals surface area contributed by atoms with E-state index in [-0.39, 0.29) is 11.6 Å². The highest BCUT2D eigenvalue weighted by Crippen LogP contribution is 2.51. The summed E-state index contributed by atoms with van der Waals surface area (Å²) in [6, 6.07) is 60.9. The molecule has 0 spiro atoms. The third-order valence-corrected chi connectivity index (χ3v) is 14.1. The van der Waals surface area contributed by atoms with E-state index in [9.17, 15) is 0 Å². The number of hydrogen-bond acceptors (Lipinski definition) is 5. The van der Waals surface area contributed by atoms with Crippen LogP contribution < -0.4 is 5.32 Å². The number of nitrogens with one attached hydrogen (secondary N) is 1. The number of furan rings is 1. The van der Waals surface area contributed by atoms with Gasteiger partial charge in [-0.3, -0.25) is 0 Å². The maximum atomic E-state index is 6.62. The monoisotopic (exact) mass is 788 g/mol. The minimum absolute atomic E-state index is 0.0711. The Kier molecular flexibility index (Phi) is 6.94. The zero-order valence-corrected chi connectivity index (χ0v) is 33.7. The van der Waals surface area contributed by atoms with E-state index in [0.717, 1.165) is 60.2 Å². The third-order valence-electron chi connectivity index (χ3n) is 12.9. The smallest absolute Gasteiger partial charge is 0.159 e. The summed E-state index contributed by atoms with van der Waals surface area (Å²) in [7, 11) is 0. The number of aromatic nitrogens is 1. The fourth-order valence-electron chi connectivity index (χ4n) is 9.96. The molecule has 2 aliphatic rings. The van der Waals surface area contributed by atoms with Gasteiger partial charge in [-0.2, -0.15) is 0 Å². The summed E-state index contributed by atoms with van der Waals surface area (Å²) in [5, 5.41) is 10.8. The highest BCUT2D eigenvalue weighted by atomic mass is 32.1. The first-order valence-electron chi connectivity index (χ1n) is 20.5. The van der Waals surface area contributed by atoms with Crippen molar-refractivity contribution in [1.29, 1.82) is 0 Å². The number of benzene rings is 8. The fourth-order valence-corrected chi connectivity index (χ4v) is 11.2. The van der Waals surface area contributed by atoms with Crippen LogP contribution in [-0.2, 0) is 5.41 Å². The molecule has 4 heterocycles. The Labute approximate surface area is 349 Å². The summed E-state index contributed by atoms with van der Waals surface area (Å²) < 4.78 is 11.4. The molecule has 13 rings (SSSR count). The Balaban J connectivity index is 0.987. The number of thiophene rings is 1. The van der Waals surface area contributed by atoms with Gasteiger partial charge in [0.05, 0.1) is 15.7 Å².